The van der Waals surface area contributed by atoms with E-state index in [1.54, 1.807) is 6.92 Å². The molecule has 0 saturated carbocycles. The van der Waals surface area contributed by atoms with Gasteiger partial charge in [0.05, 0.1) is 18.7 Å². The van der Waals surface area contributed by atoms with Crippen LogP contribution in [0, 0.1) is 17.2 Å². The first kappa shape index (κ1) is 9.19. The maximum atomic E-state index is 10.5. The minimum Gasteiger partial charge on any atom is -0.481 e. The van der Waals surface area contributed by atoms with Gasteiger partial charge in [0.2, 0.25) is 0 Å². The summed E-state index contributed by atoms with van der Waals surface area (Å²) in [5.41, 5.74) is 0.192. The molecule has 1 rings (SSSR count). The van der Waals surface area contributed by atoms with Gasteiger partial charge >= 0.3 is 5.97 Å². The number of hydrogen-bond acceptors (Lipinski definition) is 4. The molecular formula is C7H8N4O2. The van der Waals surface area contributed by atoms with Crippen molar-refractivity contribution >= 4 is 5.97 Å². The Balaban J connectivity index is 2.65. The minimum atomic E-state index is -0.894. The van der Waals surface area contributed by atoms with Crippen molar-refractivity contribution in [1.82, 2.24) is 15.0 Å². The lowest BCUT2D eigenvalue weighted by atomic mass is 10.2. The molecule has 1 aromatic heterocycles. The first-order valence-electron chi connectivity index (χ1n) is 3.66. The first-order valence-corrected chi connectivity index (χ1v) is 3.66. The summed E-state index contributed by atoms with van der Waals surface area (Å²) in [6.07, 6.45) is 1.42. The number of carboxylic acid groups (broad SMARTS) is 1. The molecule has 1 atom stereocenters. The van der Waals surface area contributed by atoms with Gasteiger partial charge in [0.1, 0.15) is 6.07 Å². The highest BCUT2D eigenvalue weighted by Gasteiger charge is 2.12. The fourth-order valence-corrected chi connectivity index (χ4v) is 0.798. The molecule has 0 aromatic carbocycles. The van der Waals surface area contributed by atoms with E-state index in [0.717, 1.165) is 0 Å². The minimum absolute atomic E-state index is 0.192. The number of nitriles is 1. The number of rotatable bonds is 3. The van der Waals surface area contributed by atoms with Crippen LogP contribution < -0.4 is 0 Å². The summed E-state index contributed by atoms with van der Waals surface area (Å²) in [5, 5.41) is 24.1. The zero-order valence-corrected chi connectivity index (χ0v) is 7.01. The fourth-order valence-electron chi connectivity index (χ4n) is 0.798. The quantitative estimate of drug-likeness (QED) is 0.699. The number of aromatic nitrogens is 3. The Morgan fingerprint density at radius 1 is 1.92 bits per heavy atom. The molecule has 1 N–H and O–H groups in total. The second-order valence-electron chi connectivity index (χ2n) is 2.68. The molecule has 0 aliphatic rings. The Morgan fingerprint density at radius 3 is 3.08 bits per heavy atom. The van der Waals surface area contributed by atoms with Gasteiger partial charge in [-0.3, -0.25) is 9.48 Å². The van der Waals surface area contributed by atoms with E-state index in [-0.39, 0.29) is 12.2 Å². The Bertz CT molecular complexity index is 352. The summed E-state index contributed by atoms with van der Waals surface area (Å²) < 4.78 is 1.34. The molecule has 0 bridgehead atoms. The van der Waals surface area contributed by atoms with E-state index in [1.165, 1.54) is 10.9 Å². The second kappa shape index (κ2) is 3.67. The molecule has 13 heavy (non-hydrogen) atoms. The summed E-state index contributed by atoms with van der Waals surface area (Å²) in [7, 11) is 0. The normalized spacial score (nSPS) is 12.0. The van der Waals surface area contributed by atoms with Gasteiger partial charge in [-0.15, -0.1) is 5.10 Å². The van der Waals surface area contributed by atoms with Crippen molar-refractivity contribution in [2.24, 2.45) is 5.92 Å². The molecule has 0 unspecified atom stereocenters. The number of hydrogen-bond donors (Lipinski definition) is 1. The van der Waals surface area contributed by atoms with Crippen LogP contribution in [-0.4, -0.2) is 26.1 Å². The van der Waals surface area contributed by atoms with Crippen molar-refractivity contribution in [2.45, 2.75) is 13.5 Å². The molecular weight excluding hydrogens is 172 g/mol. The van der Waals surface area contributed by atoms with Crippen LogP contribution >= 0.6 is 0 Å². The molecule has 0 spiro atoms. The molecule has 0 aliphatic heterocycles. The highest BCUT2D eigenvalue weighted by molar-refractivity contribution is 5.69. The maximum absolute atomic E-state index is 10.5. The van der Waals surface area contributed by atoms with Crippen LogP contribution in [0.2, 0.25) is 0 Å². The van der Waals surface area contributed by atoms with E-state index in [4.69, 9.17) is 10.4 Å². The molecule has 6 nitrogen and oxygen atoms in total. The Hall–Kier alpha value is -1.90. The number of carboxylic acids is 1. The van der Waals surface area contributed by atoms with E-state index in [9.17, 15) is 4.79 Å². The molecule has 68 valence electrons. The Kier molecular flexibility index (Phi) is 2.59. The molecule has 0 saturated heterocycles. The molecule has 0 aliphatic carbocycles. The van der Waals surface area contributed by atoms with Crippen LogP contribution in [0.25, 0.3) is 0 Å². The van der Waals surface area contributed by atoms with Crippen LogP contribution in [0.5, 0.6) is 0 Å². The van der Waals surface area contributed by atoms with Crippen LogP contribution in [0.1, 0.15) is 12.6 Å². The average molecular weight is 180 g/mol. The summed E-state index contributed by atoms with van der Waals surface area (Å²) in [5.74, 6) is -1.43. The molecule has 1 aromatic rings. The topological polar surface area (TPSA) is 91.8 Å². The molecule has 6 heteroatoms. The largest absolute Gasteiger partial charge is 0.481 e. The molecule has 0 fully saturated rings. The van der Waals surface area contributed by atoms with Gasteiger partial charge in [-0.1, -0.05) is 12.1 Å². The summed E-state index contributed by atoms with van der Waals surface area (Å²) in [6, 6.07) is 1.81. The van der Waals surface area contributed by atoms with Gasteiger partial charge in [-0.25, -0.2) is 0 Å². The molecule has 1 heterocycles. The SMILES string of the molecule is C[C@@H](Cn1cc(C#N)nn1)C(=O)O. The summed E-state index contributed by atoms with van der Waals surface area (Å²) >= 11 is 0. The molecule has 0 amide bonds. The van der Waals surface area contributed by atoms with Crippen LogP contribution in [0.15, 0.2) is 6.20 Å². The lowest BCUT2D eigenvalue weighted by Gasteiger charge is -2.03. The van der Waals surface area contributed by atoms with Crippen molar-refractivity contribution in [2.75, 3.05) is 0 Å². The van der Waals surface area contributed by atoms with Crippen molar-refractivity contribution in [3.63, 3.8) is 0 Å². The number of carbonyl (C=O) groups is 1. The number of aliphatic carboxylic acids is 1. The third kappa shape index (κ3) is 2.27. The van der Waals surface area contributed by atoms with Crippen molar-refractivity contribution in [1.29, 1.82) is 5.26 Å². The second-order valence-corrected chi connectivity index (χ2v) is 2.68. The van der Waals surface area contributed by atoms with Crippen LogP contribution in [0.4, 0.5) is 0 Å². The third-order valence-electron chi connectivity index (χ3n) is 1.54. The Morgan fingerprint density at radius 2 is 2.62 bits per heavy atom. The Labute approximate surface area is 74.4 Å². The zero-order valence-electron chi connectivity index (χ0n) is 7.01. The van der Waals surface area contributed by atoms with E-state index in [0.29, 0.717) is 0 Å². The molecule has 0 radical (unpaired) electrons. The lowest BCUT2D eigenvalue weighted by molar-refractivity contribution is -0.141. The van der Waals surface area contributed by atoms with Crippen LogP contribution in [0.3, 0.4) is 0 Å². The lowest BCUT2D eigenvalue weighted by Crippen LogP contribution is -2.17. The van der Waals surface area contributed by atoms with Gasteiger partial charge < -0.3 is 5.11 Å². The van der Waals surface area contributed by atoms with Gasteiger partial charge in [0, 0.05) is 0 Å². The smallest absolute Gasteiger partial charge is 0.308 e. The first-order chi connectivity index (χ1) is 6.13. The van der Waals surface area contributed by atoms with E-state index in [1.807, 2.05) is 6.07 Å². The van der Waals surface area contributed by atoms with E-state index >= 15 is 0 Å². The van der Waals surface area contributed by atoms with Crippen molar-refractivity contribution in [3.8, 4) is 6.07 Å². The van der Waals surface area contributed by atoms with Gasteiger partial charge in [-0.05, 0) is 0 Å². The highest BCUT2D eigenvalue weighted by Crippen LogP contribution is 1.99. The average Bonchev–Trinajstić information content (AvgIpc) is 2.52. The predicted octanol–water partition coefficient (Wildman–Crippen LogP) is -0.130. The van der Waals surface area contributed by atoms with E-state index < -0.39 is 11.9 Å². The highest BCUT2D eigenvalue weighted by atomic mass is 16.4. The van der Waals surface area contributed by atoms with Crippen molar-refractivity contribution in [3.05, 3.63) is 11.9 Å². The fraction of sp³-hybridized carbons (Fsp3) is 0.429. The van der Waals surface area contributed by atoms with Crippen molar-refractivity contribution < 1.29 is 9.90 Å². The van der Waals surface area contributed by atoms with Crippen LogP contribution in [-0.2, 0) is 11.3 Å². The zero-order chi connectivity index (χ0) is 9.84. The maximum Gasteiger partial charge on any atom is 0.308 e. The van der Waals surface area contributed by atoms with Gasteiger partial charge in [0.25, 0.3) is 0 Å². The summed E-state index contributed by atoms with van der Waals surface area (Å²) in [6.45, 7) is 1.79. The third-order valence-corrected chi connectivity index (χ3v) is 1.54. The van der Waals surface area contributed by atoms with Gasteiger partial charge in [-0.2, -0.15) is 5.26 Å². The monoisotopic (exact) mass is 180 g/mol. The van der Waals surface area contributed by atoms with Gasteiger partial charge in [0.15, 0.2) is 5.69 Å². The standard InChI is InChI=1S/C7H8N4O2/c1-5(7(12)13)3-11-4-6(2-8)9-10-11/h4-5H,3H2,1H3,(H,12,13)/t5-/m0/s1. The predicted molar refractivity (Wildman–Crippen MR) is 41.5 cm³/mol. The summed E-state index contributed by atoms with van der Waals surface area (Å²) in [4.78, 5) is 10.5. The number of nitrogens with zero attached hydrogens (tertiary/aromatic N) is 4. The van der Waals surface area contributed by atoms with E-state index in [2.05, 4.69) is 10.3 Å².